The Morgan fingerprint density at radius 2 is 1.69 bits per heavy atom. The zero-order valence-corrected chi connectivity index (χ0v) is 14.2. The minimum Gasteiger partial charge on any atom is -0.493 e. The highest BCUT2D eigenvalue weighted by Gasteiger charge is 2.13. The van der Waals surface area contributed by atoms with Gasteiger partial charge in [-0.15, -0.1) is 0 Å². The average molecular weight is 350 g/mol. The van der Waals surface area contributed by atoms with E-state index < -0.39 is 0 Å². The fourth-order valence-corrected chi connectivity index (χ4v) is 2.84. The molecule has 6 nitrogen and oxygen atoms in total. The molecule has 0 amide bonds. The minimum atomic E-state index is -0.350. The van der Waals surface area contributed by atoms with Gasteiger partial charge in [-0.1, -0.05) is 6.07 Å². The molecule has 0 saturated carbocycles. The topological polar surface area (TPSA) is 83.2 Å². The molecule has 0 unspecified atom stereocenters. The van der Waals surface area contributed by atoms with E-state index in [1.54, 1.807) is 50.7 Å². The fraction of sp³-hybridized carbons (Fsp3) is 0.105. The van der Waals surface area contributed by atoms with Crippen LogP contribution < -0.4 is 15.2 Å². The second-order valence-electron chi connectivity index (χ2n) is 5.69. The van der Waals surface area contributed by atoms with Crippen LogP contribution in [0.1, 0.15) is 0 Å². The van der Waals surface area contributed by atoms with E-state index in [2.05, 4.69) is 15.0 Å². The maximum absolute atomic E-state index is 14.1. The van der Waals surface area contributed by atoms with Gasteiger partial charge in [0.25, 0.3) is 0 Å². The first-order valence-corrected chi connectivity index (χ1v) is 7.84. The third-order valence-electron chi connectivity index (χ3n) is 4.16. The van der Waals surface area contributed by atoms with Crippen molar-refractivity contribution < 1.29 is 13.9 Å². The molecular weight excluding hydrogens is 335 g/mol. The molecule has 0 aliphatic heterocycles. The normalized spacial score (nSPS) is 11.0. The van der Waals surface area contributed by atoms with E-state index in [4.69, 9.17) is 15.2 Å². The molecule has 7 heteroatoms. The van der Waals surface area contributed by atoms with Crippen molar-refractivity contribution >= 4 is 27.6 Å². The number of benzene rings is 2. The lowest BCUT2D eigenvalue weighted by Crippen LogP contribution is -2.00. The van der Waals surface area contributed by atoms with Crippen LogP contribution in [-0.4, -0.2) is 29.2 Å². The molecule has 4 rings (SSSR count). The predicted octanol–water partition coefficient (Wildman–Crippen LogP) is 3.58. The minimum absolute atomic E-state index is 0.291. The largest absolute Gasteiger partial charge is 0.493 e. The van der Waals surface area contributed by atoms with E-state index >= 15 is 0 Å². The number of nitrogens with zero attached hydrogens (tertiary/aromatic N) is 3. The van der Waals surface area contributed by atoms with Crippen LogP contribution in [0.3, 0.4) is 0 Å². The number of pyridine rings is 1. The van der Waals surface area contributed by atoms with Crippen LogP contribution in [0, 0.1) is 5.82 Å². The second-order valence-corrected chi connectivity index (χ2v) is 5.69. The summed E-state index contributed by atoms with van der Waals surface area (Å²) < 4.78 is 24.7. The summed E-state index contributed by atoms with van der Waals surface area (Å²) in [5.41, 5.74) is 7.84. The number of nitrogen functional groups attached to an aromatic ring is 1. The molecule has 0 atom stereocenters. The van der Waals surface area contributed by atoms with Gasteiger partial charge in [0, 0.05) is 28.6 Å². The highest BCUT2D eigenvalue weighted by atomic mass is 19.1. The lowest BCUT2D eigenvalue weighted by molar-refractivity contribution is 0.356. The van der Waals surface area contributed by atoms with Crippen LogP contribution in [0.15, 0.2) is 42.6 Å². The number of nitrogens with two attached hydrogens (primary N) is 1. The number of hydrogen-bond donors (Lipinski definition) is 1. The van der Waals surface area contributed by atoms with Crippen molar-refractivity contribution in [3.8, 4) is 22.9 Å². The second kappa shape index (κ2) is 6.11. The van der Waals surface area contributed by atoms with E-state index in [1.807, 2.05) is 0 Å². The molecule has 0 aliphatic rings. The lowest BCUT2D eigenvalue weighted by atomic mass is 10.1. The first-order chi connectivity index (χ1) is 12.6. The van der Waals surface area contributed by atoms with Gasteiger partial charge in [-0.25, -0.2) is 14.4 Å². The van der Waals surface area contributed by atoms with Crippen molar-refractivity contribution in [1.82, 2.24) is 15.0 Å². The molecule has 4 aromatic rings. The van der Waals surface area contributed by atoms with Crippen LogP contribution in [0.2, 0.25) is 0 Å². The van der Waals surface area contributed by atoms with Gasteiger partial charge in [-0.05, 0) is 24.3 Å². The van der Waals surface area contributed by atoms with E-state index in [9.17, 15) is 4.39 Å². The Bertz CT molecular complexity index is 1150. The van der Waals surface area contributed by atoms with Gasteiger partial charge < -0.3 is 15.2 Å². The highest BCUT2D eigenvalue weighted by Crippen LogP contribution is 2.34. The quantitative estimate of drug-likeness (QED) is 0.608. The smallest absolute Gasteiger partial charge is 0.163 e. The Labute approximate surface area is 148 Å². The molecule has 0 aliphatic carbocycles. The molecule has 2 N–H and O–H groups in total. The van der Waals surface area contributed by atoms with Crippen molar-refractivity contribution in [3.63, 3.8) is 0 Å². The number of rotatable bonds is 3. The summed E-state index contributed by atoms with van der Waals surface area (Å²) in [4.78, 5) is 13.2. The number of hydrogen-bond acceptors (Lipinski definition) is 6. The summed E-state index contributed by atoms with van der Waals surface area (Å²) in [6, 6.07) is 9.87. The molecule has 0 fully saturated rings. The lowest BCUT2D eigenvalue weighted by Gasteiger charge is -2.11. The molecule has 0 bridgehead atoms. The molecule has 26 heavy (non-hydrogen) atoms. The summed E-state index contributed by atoms with van der Waals surface area (Å²) in [5, 5.41) is 1.05. The van der Waals surface area contributed by atoms with Gasteiger partial charge in [-0.2, -0.15) is 0 Å². The standard InChI is InChI=1S/C19H15FN4O2/c1-25-16-7-12-15(8-17(16)26-2)23-19(24-18(12)21)10-6-11-13(20)4-3-5-14(11)22-9-10/h3-9H,1-2H3,(H2,21,23,24). The monoisotopic (exact) mass is 350 g/mol. The van der Waals surface area contributed by atoms with Crippen molar-refractivity contribution in [1.29, 1.82) is 0 Å². The molecule has 130 valence electrons. The summed E-state index contributed by atoms with van der Waals surface area (Å²) in [5.74, 6) is 1.38. The number of halogens is 1. The molecule has 0 radical (unpaired) electrons. The Balaban J connectivity index is 1.93. The van der Waals surface area contributed by atoms with Crippen LogP contribution in [0.4, 0.5) is 10.2 Å². The summed E-state index contributed by atoms with van der Waals surface area (Å²) in [7, 11) is 3.09. The summed E-state index contributed by atoms with van der Waals surface area (Å²) in [6.07, 6.45) is 1.60. The average Bonchev–Trinajstić information content (AvgIpc) is 2.67. The predicted molar refractivity (Wildman–Crippen MR) is 97.7 cm³/mol. The van der Waals surface area contributed by atoms with E-state index in [0.29, 0.717) is 50.5 Å². The Kier molecular flexibility index (Phi) is 3.76. The van der Waals surface area contributed by atoms with Crippen LogP contribution >= 0.6 is 0 Å². The fourth-order valence-electron chi connectivity index (χ4n) is 2.84. The van der Waals surface area contributed by atoms with Crippen molar-refractivity contribution in [3.05, 3.63) is 48.4 Å². The van der Waals surface area contributed by atoms with Gasteiger partial charge >= 0.3 is 0 Å². The molecule has 2 aromatic carbocycles. The molecule has 2 heterocycles. The van der Waals surface area contributed by atoms with Crippen molar-refractivity contribution in [2.24, 2.45) is 0 Å². The van der Waals surface area contributed by atoms with E-state index in [-0.39, 0.29) is 5.82 Å². The number of ether oxygens (including phenoxy) is 2. The van der Waals surface area contributed by atoms with Crippen LogP contribution in [0.5, 0.6) is 11.5 Å². The summed E-state index contributed by atoms with van der Waals surface area (Å²) >= 11 is 0. The van der Waals surface area contributed by atoms with Crippen LogP contribution in [-0.2, 0) is 0 Å². The maximum Gasteiger partial charge on any atom is 0.163 e. The van der Waals surface area contributed by atoms with Crippen LogP contribution in [0.25, 0.3) is 33.2 Å². The molecule has 0 spiro atoms. The number of anilines is 1. The zero-order chi connectivity index (χ0) is 18.3. The number of methoxy groups -OCH3 is 2. The third-order valence-corrected chi connectivity index (χ3v) is 4.16. The summed E-state index contributed by atoms with van der Waals surface area (Å²) in [6.45, 7) is 0. The first kappa shape index (κ1) is 16.0. The highest BCUT2D eigenvalue weighted by molar-refractivity contribution is 5.92. The first-order valence-electron chi connectivity index (χ1n) is 7.84. The maximum atomic E-state index is 14.1. The van der Waals surface area contributed by atoms with Gasteiger partial charge in [0.15, 0.2) is 17.3 Å². The molecule has 0 saturated heterocycles. The van der Waals surface area contributed by atoms with Crippen molar-refractivity contribution in [2.75, 3.05) is 20.0 Å². The Morgan fingerprint density at radius 1 is 0.923 bits per heavy atom. The SMILES string of the molecule is COc1cc2nc(-c3cnc4cccc(F)c4c3)nc(N)c2cc1OC. The van der Waals surface area contributed by atoms with Gasteiger partial charge in [0.2, 0.25) is 0 Å². The molecule has 2 aromatic heterocycles. The number of aromatic nitrogens is 3. The zero-order valence-electron chi connectivity index (χ0n) is 14.2. The van der Waals surface area contributed by atoms with E-state index in [0.717, 1.165) is 0 Å². The van der Waals surface area contributed by atoms with Gasteiger partial charge in [-0.3, -0.25) is 4.98 Å². The van der Waals surface area contributed by atoms with Gasteiger partial charge in [0.1, 0.15) is 11.6 Å². The van der Waals surface area contributed by atoms with E-state index in [1.165, 1.54) is 6.07 Å². The third kappa shape index (κ3) is 2.54. The Morgan fingerprint density at radius 3 is 2.46 bits per heavy atom. The van der Waals surface area contributed by atoms with Gasteiger partial charge in [0.05, 0.1) is 25.3 Å². The molecular formula is C19H15FN4O2. The number of fused-ring (bicyclic) bond motifs is 2. The van der Waals surface area contributed by atoms with Crippen molar-refractivity contribution in [2.45, 2.75) is 0 Å². The Hall–Kier alpha value is -3.48.